The van der Waals surface area contributed by atoms with Crippen LogP contribution in [-0.4, -0.2) is 62.5 Å². The summed E-state index contributed by atoms with van der Waals surface area (Å²) in [5, 5.41) is 9.72. The first-order valence-corrected chi connectivity index (χ1v) is 11.1. The van der Waals surface area contributed by atoms with Crippen molar-refractivity contribution in [2.24, 2.45) is 7.05 Å². The number of ether oxygens (including phenoxy) is 1. The highest BCUT2D eigenvalue weighted by molar-refractivity contribution is 7.18. The van der Waals surface area contributed by atoms with Crippen LogP contribution in [0.3, 0.4) is 0 Å². The summed E-state index contributed by atoms with van der Waals surface area (Å²) in [5.74, 6) is 2.97. The van der Waals surface area contributed by atoms with Gasteiger partial charge in [-0.05, 0) is 32.3 Å². The van der Waals surface area contributed by atoms with Crippen molar-refractivity contribution in [2.45, 2.75) is 39.3 Å². The zero-order valence-corrected chi connectivity index (χ0v) is 18.1. The monoisotopic (exact) mass is 413 g/mol. The lowest BCUT2D eigenvalue weighted by Crippen LogP contribution is -2.36. The smallest absolute Gasteiger partial charge is 0.155 e. The van der Waals surface area contributed by atoms with Gasteiger partial charge in [-0.3, -0.25) is 4.90 Å². The number of nitrogens with zero attached hydrogens (tertiary/aromatic N) is 7. The summed E-state index contributed by atoms with van der Waals surface area (Å²) < 4.78 is 7.52. The molecule has 3 aromatic heterocycles. The summed E-state index contributed by atoms with van der Waals surface area (Å²) >= 11 is 1.78. The fourth-order valence-corrected chi connectivity index (χ4v) is 5.43. The lowest BCUT2D eigenvalue weighted by Gasteiger charge is -2.28. The van der Waals surface area contributed by atoms with E-state index in [4.69, 9.17) is 14.7 Å². The van der Waals surface area contributed by atoms with E-state index in [0.29, 0.717) is 0 Å². The quantitative estimate of drug-likeness (QED) is 0.651. The van der Waals surface area contributed by atoms with Gasteiger partial charge in [0.05, 0.1) is 31.2 Å². The highest BCUT2D eigenvalue weighted by atomic mass is 32.1. The van der Waals surface area contributed by atoms with Crippen molar-refractivity contribution in [2.75, 3.05) is 37.7 Å². The maximum absolute atomic E-state index is 5.49. The fraction of sp³-hybridized carbons (Fsp3) is 0.600. The van der Waals surface area contributed by atoms with E-state index in [0.717, 1.165) is 74.5 Å². The Hall–Kier alpha value is -2.10. The molecule has 0 saturated carbocycles. The van der Waals surface area contributed by atoms with Crippen LogP contribution in [0.5, 0.6) is 0 Å². The molecule has 29 heavy (non-hydrogen) atoms. The molecule has 0 spiro atoms. The average Bonchev–Trinajstić information content (AvgIpc) is 3.42. The topological polar surface area (TPSA) is 72.2 Å². The molecule has 2 fully saturated rings. The molecule has 3 aromatic rings. The van der Waals surface area contributed by atoms with Gasteiger partial charge >= 0.3 is 0 Å². The second-order valence-electron chi connectivity index (χ2n) is 7.97. The van der Waals surface area contributed by atoms with Gasteiger partial charge in [-0.2, -0.15) is 0 Å². The predicted octanol–water partition coefficient (Wildman–Crippen LogP) is 2.61. The first-order chi connectivity index (χ1) is 14.1. The molecule has 2 aliphatic rings. The van der Waals surface area contributed by atoms with Crippen molar-refractivity contribution in [1.29, 1.82) is 0 Å². The Kier molecular flexibility index (Phi) is 4.97. The number of hydrogen-bond acceptors (Lipinski definition) is 8. The molecule has 2 aliphatic heterocycles. The zero-order chi connectivity index (χ0) is 20.0. The molecule has 0 amide bonds. The molecule has 9 heteroatoms. The molecule has 1 atom stereocenters. The number of aromatic nitrogens is 5. The second kappa shape index (κ2) is 7.62. The standard InChI is InChI=1S/C20H27N7OS/c1-13-14(2)29-20-17(13)19(22-16(23-20)11-26-7-9-28-10-8-26)27-6-4-5-15(27)18-24-21-12-25(18)3/h12,15H,4-11H2,1-3H3/t15-/m1/s1. The van der Waals surface area contributed by atoms with Crippen LogP contribution in [0.2, 0.25) is 0 Å². The largest absolute Gasteiger partial charge is 0.379 e. The molecule has 0 unspecified atom stereocenters. The van der Waals surface area contributed by atoms with E-state index in [1.165, 1.54) is 15.8 Å². The Morgan fingerprint density at radius 2 is 2.00 bits per heavy atom. The first kappa shape index (κ1) is 18.9. The Balaban J connectivity index is 1.58. The van der Waals surface area contributed by atoms with Crippen molar-refractivity contribution >= 4 is 27.4 Å². The van der Waals surface area contributed by atoms with Crippen LogP contribution in [0.25, 0.3) is 10.2 Å². The van der Waals surface area contributed by atoms with Gasteiger partial charge in [-0.1, -0.05) is 0 Å². The molecule has 8 nitrogen and oxygen atoms in total. The Labute approximate surface area is 174 Å². The third-order valence-electron chi connectivity index (χ3n) is 6.09. The minimum Gasteiger partial charge on any atom is -0.379 e. The molecular formula is C20H27N7OS. The molecule has 5 rings (SSSR count). The molecule has 0 radical (unpaired) electrons. The van der Waals surface area contributed by atoms with Crippen molar-refractivity contribution in [3.8, 4) is 0 Å². The SMILES string of the molecule is Cc1sc2nc(CN3CCOCC3)nc(N3CCC[C@@H]3c3nncn3C)c2c1C. The zero-order valence-electron chi connectivity index (χ0n) is 17.3. The van der Waals surface area contributed by atoms with Crippen LogP contribution in [0.15, 0.2) is 6.33 Å². The minimum atomic E-state index is 0.205. The first-order valence-electron chi connectivity index (χ1n) is 10.3. The molecular weight excluding hydrogens is 386 g/mol. The molecule has 0 aromatic carbocycles. The van der Waals surface area contributed by atoms with Crippen molar-refractivity contribution < 1.29 is 4.74 Å². The van der Waals surface area contributed by atoms with Crippen LogP contribution >= 0.6 is 11.3 Å². The third-order valence-corrected chi connectivity index (χ3v) is 7.20. The van der Waals surface area contributed by atoms with Gasteiger partial charge < -0.3 is 14.2 Å². The summed E-state index contributed by atoms with van der Waals surface area (Å²) in [6.45, 7) is 9.56. The molecule has 0 aliphatic carbocycles. The van der Waals surface area contributed by atoms with Crippen LogP contribution in [0, 0.1) is 13.8 Å². The number of hydrogen-bond donors (Lipinski definition) is 0. The summed E-state index contributed by atoms with van der Waals surface area (Å²) in [4.78, 5) is 17.3. The van der Waals surface area contributed by atoms with Gasteiger partial charge in [0.15, 0.2) is 5.82 Å². The Bertz CT molecular complexity index is 1020. The van der Waals surface area contributed by atoms with Crippen LogP contribution < -0.4 is 4.90 Å². The van der Waals surface area contributed by atoms with Crippen LogP contribution in [0.1, 0.15) is 41.0 Å². The number of aryl methyl sites for hydroxylation is 3. The van der Waals surface area contributed by atoms with Crippen LogP contribution in [0.4, 0.5) is 5.82 Å². The van der Waals surface area contributed by atoms with Gasteiger partial charge in [0, 0.05) is 31.6 Å². The lowest BCUT2D eigenvalue weighted by atomic mass is 10.1. The second-order valence-corrected chi connectivity index (χ2v) is 9.17. The predicted molar refractivity (Wildman–Crippen MR) is 113 cm³/mol. The molecule has 5 heterocycles. The minimum absolute atomic E-state index is 0.205. The number of morpholine rings is 1. The van der Waals surface area contributed by atoms with E-state index in [-0.39, 0.29) is 6.04 Å². The summed E-state index contributed by atoms with van der Waals surface area (Å²) in [7, 11) is 2.02. The molecule has 2 saturated heterocycles. The van der Waals surface area contributed by atoms with E-state index >= 15 is 0 Å². The van der Waals surface area contributed by atoms with Gasteiger partial charge in [-0.15, -0.1) is 21.5 Å². The third kappa shape index (κ3) is 3.41. The summed E-state index contributed by atoms with van der Waals surface area (Å²) in [6, 6.07) is 0.205. The normalized spacial score (nSPS) is 20.8. The fourth-order valence-electron chi connectivity index (χ4n) is 4.39. The van der Waals surface area contributed by atoms with E-state index in [9.17, 15) is 0 Å². The molecule has 0 N–H and O–H groups in total. The van der Waals surface area contributed by atoms with Crippen molar-refractivity contribution in [3.63, 3.8) is 0 Å². The van der Waals surface area contributed by atoms with Gasteiger partial charge in [0.1, 0.15) is 22.8 Å². The van der Waals surface area contributed by atoms with Crippen molar-refractivity contribution in [3.05, 3.63) is 28.4 Å². The molecule has 154 valence electrons. The average molecular weight is 414 g/mol. The summed E-state index contributed by atoms with van der Waals surface area (Å²) in [6.07, 6.45) is 3.98. The maximum atomic E-state index is 5.49. The van der Waals surface area contributed by atoms with Crippen molar-refractivity contribution in [1.82, 2.24) is 29.6 Å². The van der Waals surface area contributed by atoms with Gasteiger partial charge in [-0.25, -0.2) is 9.97 Å². The van der Waals surface area contributed by atoms with Gasteiger partial charge in [0.2, 0.25) is 0 Å². The highest BCUT2D eigenvalue weighted by Gasteiger charge is 2.33. The maximum Gasteiger partial charge on any atom is 0.155 e. The number of anilines is 1. The van der Waals surface area contributed by atoms with E-state index in [1.54, 1.807) is 17.7 Å². The van der Waals surface area contributed by atoms with Crippen LogP contribution in [-0.2, 0) is 18.3 Å². The number of rotatable bonds is 4. The molecule has 0 bridgehead atoms. The Morgan fingerprint density at radius 3 is 2.76 bits per heavy atom. The summed E-state index contributed by atoms with van der Waals surface area (Å²) in [5.41, 5.74) is 1.29. The Morgan fingerprint density at radius 1 is 1.17 bits per heavy atom. The number of thiophene rings is 1. The van der Waals surface area contributed by atoms with E-state index < -0.39 is 0 Å². The van der Waals surface area contributed by atoms with Gasteiger partial charge in [0.25, 0.3) is 0 Å². The lowest BCUT2D eigenvalue weighted by molar-refractivity contribution is 0.0331. The van der Waals surface area contributed by atoms with E-state index in [1.807, 2.05) is 11.6 Å². The highest BCUT2D eigenvalue weighted by Crippen LogP contribution is 2.41. The number of fused-ring (bicyclic) bond motifs is 1. The van der Waals surface area contributed by atoms with E-state index in [2.05, 4.69) is 33.8 Å².